The van der Waals surface area contributed by atoms with Crippen LogP contribution in [0.25, 0.3) is 0 Å². The molecule has 1 aromatic rings. The molecule has 1 aliphatic rings. The van der Waals surface area contributed by atoms with E-state index in [4.69, 9.17) is 4.74 Å². The average Bonchev–Trinajstić information content (AvgIpc) is 2.84. The van der Waals surface area contributed by atoms with Gasteiger partial charge in [-0.1, -0.05) is 0 Å². The van der Waals surface area contributed by atoms with E-state index in [-0.39, 0.29) is 17.6 Å². The third kappa shape index (κ3) is 6.43. The van der Waals surface area contributed by atoms with E-state index in [2.05, 4.69) is 10.2 Å². The van der Waals surface area contributed by atoms with Crippen LogP contribution in [0.4, 0.5) is 4.39 Å². The van der Waals surface area contributed by atoms with Gasteiger partial charge in [-0.2, -0.15) is 0 Å². The first-order valence-electron chi connectivity index (χ1n) is 8.63. The number of carbonyl (C=O) groups excluding carboxylic acids is 2. The fraction of sp³-hybridized carbons (Fsp3) is 0.556. The summed E-state index contributed by atoms with van der Waals surface area (Å²) in [5, 5.41) is 2.87. The van der Waals surface area contributed by atoms with E-state index in [0.717, 1.165) is 19.4 Å². The predicted molar refractivity (Wildman–Crippen MR) is 92.9 cm³/mol. The first-order valence-corrected chi connectivity index (χ1v) is 8.63. The van der Waals surface area contributed by atoms with E-state index in [1.165, 1.54) is 24.3 Å². The van der Waals surface area contributed by atoms with E-state index < -0.39 is 0 Å². The average molecular weight is 351 g/mol. The number of nitrogens with one attached hydrogen (secondary N) is 1. The van der Waals surface area contributed by atoms with Crippen molar-refractivity contribution in [1.82, 2.24) is 15.1 Å². The van der Waals surface area contributed by atoms with E-state index in [9.17, 15) is 14.0 Å². The van der Waals surface area contributed by atoms with Crippen molar-refractivity contribution in [2.45, 2.75) is 12.8 Å². The minimum Gasteiger partial charge on any atom is -0.385 e. The maximum atomic E-state index is 13.0. The number of hydrogen-bond donors (Lipinski definition) is 1. The highest BCUT2D eigenvalue weighted by Gasteiger charge is 2.21. The molecule has 6 nitrogen and oxygen atoms in total. The normalized spacial score (nSPS) is 15.7. The fourth-order valence-electron chi connectivity index (χ4n) is 2.81. The van der Waals surface area contributed by atoms with Gasteiger partial charge in [-0.3, -0.25) is 14.5 Å². The summed E-state index contributed by atoms with van der Waals surface area (Å²) >= 11 is 0. The number of amides is 2. The van der Waals surface area contributed by atoms with Gasteiger partial charge in [-0.25, -0.2) is 4.39 Å². The number of rotatable bonds is 7. The Balaban J connectivity index is 1.78. The van der Waals surface area contributed by atoms with Crippen LogP contribution in [-0.4, -0.2) is 74.6 Å². The summed E-state index contributed by atoms with van der Waals surface area (Å²) < 4.78 is 17.9. The Morgan fingerprint density at radius 2 is 1.92 bits per heavy atom. The molecule has 2 rings (SSSR count). The fourth-order valence-corrected chi connectivity index (χ4v) is 2.81. The maximum Gasteiger partial charge on any atom is 0.253 e. The zero-order valence-corrected chi connectivity index (χ0v) is 14.7. The molecule has 0 saturated carbocycles. The molecule has 1 heterocycles. The molecule has 138 valence electrons. The zero-order valence-electron chi connectivity index (χ0n) is 14.7. The van der Waals surface area contributed by atoms with Crippen LogP contribution in [0, 0.1) is 5.82 Å². The highest BCUT2D eigenvalue weighted by atomic mass is 19.1. The predicted octanol–water partition coefficient (Wildman–Crippen LogP) is 1.13. The summed E-state index contributed by atoms with van der Waals surface area (Å²) in [6.07, 6.45) is 1.60. The van der Waals surface area contributed by atoms with E-state index >= 15 is 0 Å². The van der Waals surface area contributed by atoms with Crippen LogP contribution in [0.5, 0.6) is 0 Å². The molecule has 0 spiro atoms. The molecular formula is C18H26FN3O3. The second-order valence-corrected chi connectivity index (χ2v) is 6.13. The van der Waals surface area contributed by atoms with Crippen molar-refractivity contribution in [2.24, 2.45) is 0 Å². The molecule has 7 heteroatoms. The van der Waals surface area contributed by atoms with Crippen LogP contribution in [0.1, 0.15) is 23.2 Å². The van der Waals surface area contributed by atoms with Gasteiger partial charge in [-0.05, 0) is 37.1 Å². The lowest BCUT2D eigenvalue weighted by Gasteiger charge is -2.22. The molecular weight excluding hydrogens is 325 g/mol. The van der Waals surface area contributed by atoms with Gasteiger partial charge in [0, 0.05) is 52.0 Å². The topological polar surface area (TPSA) is 61.9 Å². The van der Waals surface area contributed by atoms with E-state index in [0.29, 0.717) is 44.9 Å². The number of nitrogens with zero attached hydrogens (tertiary/aromatic N) is 2. The standard InChI is InChI=1S/C18H26FN3O3/c1-25-13-2-8-20-17(23)14-21-9-3-10-22(12-11-21)18(24)15-4-6-16(19)7-5-15/h4-7H,2-3,8-14H2,1H3,(H,20,23). The van der Waals surface area contributed by atoms with Crippen molar-refractivity contribution in [3.05, 3.63) is 35.6 Å². The Hall–Kier alpha value is -1.99. The number of methoxy groups -OCH3 is 1. The number of hydrogen-bond acceptors (Lipinski definition) is 4. The second-order valence-electron chi connectivity index (χ2n) is 6.13. The van der Waals surface area contributed by atoms with Crippen molar-refractivity contribution in [3.8, 4) is 0 Å². The summed E-state index contributed by atoms with van der Waals surface area (Å²) in [7, 11) is 1.64. The van der Waals surface area contributed by atoms with E-state index in [1.807, 2.05) is 0 Å². The van der Waals surface area contributed by atoms with Crippen LogP contribution in [0.15, 0.2) is 24.3 Å². The summed E-state index contributed by atoms with van der Waals surface area (Å²) in [6.45, 7) is 4.21. The van der Waals surface area contributed by atoms with Gasteiger partial charge in [0.15, 0.2) is 0 Å². The molecule has 0 radical (unpaired) electrons. The number of benzene rings is 1. The Morgan fingerprint density at radius 1 is 1.16 bits per heavy atom. The molecule has 1 N–H and O–H groups in total. The van der Waals surface area contributed by atoms with Crippen molar-refractivity contribution >= 4 is 11.8 Å². The highest BCUT2D eigenvalue weighted by molar-refractivity contribution is 5.94. The molecule has 0 aromatic heterocycles. The van der Waals surface area contributed by atoms with Gasteiger partial charge in [0.1, 0.15) is 5.82 Å². The third-order valence-electron chi connectivity index (χ3n) is 4.18. The largest absolute Gasteiger partial charge is 0.385 e. The molecule has 1 saturated heterocycles. The Bertz CT molecular complexity index is 565. The molecule has 0 aliphatic carbocycles. The molecule has 0 unspecified atom stereocenters. The SMILES string of the molecule is COCCCNC(=O)CN1CCCN(C(=O)c2ccc(F)cc2)CC1. The molecule has 0 bridgehead atoms. The highest BCUT2D eigenvalue weighted by Crippen LogP contribution is 2.10. The first-order chi connectivity index (χ1) is 12.1. The van der Waals surface area contributed by atoms with Crippen molar-refractivity contribution in [3.63, 3.8) is 0 Å². The Kier molecular flexibility index (Phi) is 7.81. The van der Waals surface area contributed by atoms with Crippen LogP contribution in [-0.2, 0) is 9.53 Å². The van der Waals surface area contributed by atoms with Gasteiger partial charge in [-0.15, -0.1) is 0 Å². The van der Waals surface area contributed by atoms with Crippen molar-refractivity contribution < 1.29 is 18.7 Å². The molecule has 0 atom stereocenters. The monoisotopic (exact) mass is 351 g/mol. The van der Waals surface area contributed by atoms with Gasteiger partial charge in [0.05, 0.1) is 6.54 Å². The molecule has 1 aromatic carbocycles. The number of carbonyl (C=O) groups is 2. The van der Waals surface area contributed by atoms with Crippen molar-refractivity contribution in [2.75, 3.05) is 53.0 Å². The van der Waals surface area contributed by atoms with E-state index in [1.54, 1.807) is 12.0 Å². The minimum absolute atomic E-state index is 0.00517. The smallest absolute Gasteiger partial charge is 0.253 e. The van der Waals surface area contributed by atoms with Crippen LogP contribution >= 0.6 is 0 Å². The first kappa shape index (κ1) is 19.3. The summed E-state index contributed by atoms with van der Waals surface area (Å²) in [6, 6.07) is 5.61. The Labute approximate surface area is 147 Å². The van der Waals surface area contributed by atoms with Gasteiger partial charge in [0.2, 0.25) is 5.91 Å². The van der Waals surface area contributed by atoms with Gasteiger partial charge >= 0.3 is 0 Å². The quantitative estimate of drug-likeness (QED) is 0.748. The third-order valence-corrected chi connectivity index (χ3v) is 4.18. The maximum absolute atomic E-state index is 13.0. The lowest BCUT2D eigenvalue weighted by molar-refractivity contribution is -0.122. The summed E-state index contributed by atoms with van der Waals surface area (Å²) in [5.41, 5.74) is 0.491. The number of halogens is 1. The minimum atomic E-state index is -0.352. The van der Waals surface area contributed by atoms with Gasteiger partial charge in [0.25, 0.3) is 5.91 Å². The summed E-state index contributed by atoms with van der Waals surface area (Å²) in [4.78, 5) is 28.3. The molecule has 25 heavy (non-hydrogen) atoms. The van der Waals surface area contributed by atoms with Crippen LogP contribution < -0.4 is 5.32 Å². The zero-order chi connectivity index (χ0) is 18.1. The number of ether oxygens (including phenoxy) is 1. The molecule has 1 aliphatic heterocycles. The van der Waals surface area contributed by atoms with Crippen molar-refractivity contribution in [1.29, 1.82) is 0 Å². The van der Waals surface area contributed by atoms with Crippen LogP contribution in [0.2, 0.25) is 0 Å². The summed E-state index contributed by atoms with van der Waals surface area (Å²) in [5.74, 6) is -0.449. The second kappa shape index (κ2) is 10.1. The Morgan fingerprint density at radius 3 is 2.64 bits per heavy atom. The van der Waals surface area contributed by atoms with Crippen LogP contribution in [0.3, 0.4) is 0 Å². The molecule has 2 amide bonds. The van der Waals surface area contributed by atoms with Gasteiger partial charge < -0.3 is 15.0 Å². The lowest BCUT2D eigenvalue weighted by atomic mass is 10.2. The molecule has 1 fully saturated rings. The lowest BCUT2D eigenvalue weighted by Crippen LogP contribution is -2.40.